The molecule has 0 bridgehead atoms. The number of carbonyl (C=O) groups excluding carboxylic acids is 2. The van der Waals surface area contributed by atoms with E-state index < -0.39 is 5.97 Å². The molecule has 0 saturated carbocycles. The van der Waals surface area contributed by atoms with Crippen LogP contribution in [0.4, 0.5) is 5.00 Å². The molecule has 0 spiro atoms. The number of anilines is 1. The molecule has 3 aromatic rings. The number of amides is 1. The van der Waals surface area contributed by atoms with Crippen LogP contribution >= 0.6 is 23.1 Å². The summed E-state index contributed by atoms with van der Waals surface area (Å²) in [4.78, 5) is 26.0. The molecule has 1 aromatic carbocycles. The minimum atomic E-state index is -0.450. The van der Waals surface area contributed by atoms with Gasteiger partial charge < -0.3 is 14.8 Å². The standard InChI is InChI=1S/C23H26N4O4S2/c1-6-12-27-20(15-8-10-16(30-4)11-9-15)25-26-23(27)32-13-18(28)24-21-19(22(29)31-5)17(7-2)14(3)33-21/h6,8-11H,1,7,12-13H2,2-5H3,(H,24,28). The molecule has 2 heterocycles. The molecule has 174 valence electrons. The number of methoxy groups -OCH3 is 2. The molecule has 0 fully saturated rings. The number of aryl methyl sites for hydroxylation is 1. The van der Waals surface area contributed by atoms with Gasteiger partial charge in [0.1, 0.15) is 10.8 Å². The van der Waals surface area contributed by atoms with Gasteiger partial charge in [-0.05, 0) is 43.2 Å². The Bertz CT molecular complexity index is 1150. The number of carbonyl (C=O) groups is 2. The summed E-state index contributed by atoms with van der Waals surface area (Å²) in [7, 11) is 2.95. The first kappa shape index (κ1) is 24.5. The molecule has 33 heavy (non-hydrogen) atoms. The molecule has 0 radical (unpaired) electrons. The maximum absolute atomic E-state index is 12.7. The van der Waals surface area contributed by atoms with E-state index in [9.17, 15) is 9.59 Å². The second-order valence-electron chi connectivity index (χ2n) is 6.96. The molecule has 0 unspecified atom stereocenters. The maximum atomic E-state index is 12.7. The Kier molecular flexibility index (Phi) is 8.29. The SMILES string of the molecule is C=CCn1c(SCC(=O)Nc2sc(C)c(CC)c2C(=O)OC)nnc1-c1ccc(OC)cc1. The largest absolute Gasteiger partial charge is 0.497 e. The van der Waals surface area contributed by atoms with Crippen LogP contribution in [0.1, 0.15) is 27.7 Å². The minimum absolute atomic E-state index is 0.108. The van der Waals surface area contributed by atoms with Crippen molar-refractivity contribution in [1.29, 1.82) is 0 Å². The summed E-state index contributed by atoms with van der Waals surface area (Å²) in [5.74, 6) is 0.843. The molecule has 2 aromatic heterocycles. The van der Waals surface area contributed by atoms with Gasteiger partial charge in [0, 0.05) is 17.0 Å². The number of hydrogen-bond donors (Lipinski definition) is 1. The molecule has 0 aliphatic carbocycles. The highest BCUT2D eigenvalue weighted by Gasteiger charge is 2.23. The third kappa shape index (κ3) is 5.45. The highest BCUT2D eigenvalue weighted by molar-refractivity contribution is 7.99. The second kappa shape index (κ2) is 11.2. The number of hydrogen-bond acceptors (Lipinski definition) is 8. The maximum Gasteiger partial charge on any atom is 0.341 e. The van der Waals surface area contributed by atoms with E-state index >= 15 is 0 Å². The number of ether oxygens (including phenoxy) is 2. The van der Waals surface area contributed by atoms with E-state index in [0.29, 0.717) is 34.5 Å². The van der Waals surface area contributed by atoms with Crippen molar-refractivity contribution in [3.63, 3.8) is 0 Å². The van der Waals surface area contributed by atoms with Gasteiger partial charge >= 0.3 is 5.97 Å². The lowest BCUT2D eigenvalue weighted by molar-refractivity contribution is -0.113. The molecule has 3 rings (SSSR count). The third-order valence-electron chi connectivity index (χ3n) is 4.91. The summed E-state index contributed by atoms with van der Waals surface area (Å²) < 4.78 is 12.0. The van der Waals surface area contributed by atoms with Crippen molar-refractivity contribution >= 4 is 40.0 Å². The van der Waals surface area contributed by atoms with Gasteiger partial charge in [-0.2, -0.15) is 0 Å². The first-order valence-corrected chi connectivity index (χ1v) is 12.0. The number of nitrogens with one attached hydrogen (secondary N) is 1. The number of allylic oxidation sites excluding steroid dienone is 1. The van der Waals surface area contributed by atoms with Gasteiger partial charge in [0.2, 0.25) is 5.91 Å². The summed E-state index contributed by atoms with van der Waals surface area (Å²) in [6, 6.07) is 7.52. The number of thioether (sulfide) groups is 1. The molecule has 0 aliphatic rings. The number of aromatic nitrogens is 3. The number of rotatable bonds is 10. The quantitative estimate of drug-likeness (QED) is 0.254. The molecular formula is C23H26N4O4S2. The van der Waals surface area contributed by atoms with Gasteiger partial charge in [0.25, 0.3) is 0 Å². The van der Waals surface area contributed by atoms with Crippen LogP contribution in [-0.4, -0.2) is 46.6 Å². The molecule has 10 heteroatoms. The molecule has 0 aliphatic heterocycles. The summed E-state index contributed by atoms with van der Waals surface area (Å²) in [6.07, 6.45) is 2.43. The van der Waals surface area contributed by atoms with Crippen molar-refractivity contribution < 1.29 is 19.1 Å². The van der Waals surface area contributed by atoms with Gasteiger partial charge in [0.15, 0.2) is 11.0 Å². The molecule has 8 nitrogen and oxygen atoms in total. The van der Waals surface area contributed by atoms with Crippen molar-refractivity contribution in [2.45, 2.75) is 32.0 Å². The van der Waals surface area contributed by atoms with E-state index in [2.05, 4.69) is 22.1 Å². The predicted octanol–water partition coefficient (Wildman–Crippen LogP) is 4.59. The fourth-order valence-electron chi connectivity index (χ4n) is 3.35. The lowest BCUT2D eigenvalue weighted by Crippen LogP contribution is -2.16. The van der Waals surface area contributed by atoms with Crippen LogP contribution in [0.15, 0.2) is 42.1 Å². The summed E-state index contributed by atoms with van der Waals surface area (Å²) >= 11 is 2.64. The summed E-state index contributed by atoms with van der Waals surface area (Å²) in [6.45, 7) is 8.21. The lowest BCUT2D eigenvalue weighted by atomic mass is 10.1. The Morgan fingerprint density at radius 3 is 2.58 bits per heavy atom. The first-order chi connectivity index (χ1) is 15.9. The van der Waals surface area contributed by atoms with Gasteiger partial charge in [-0.1, -0.05) is 24.8 Å². The van der Waals surface area contributed by atoms with Crippen molar-refractivity contribution in [3.8, 4) is 17.1 Å². The molecular weight excluding hydrogens is 460 g/mol. The Labute approximate surface area is 201 Å². The van der Waals surface area contributed by atoms with Crippen LogP contribution < -0.4 is 10.1 Å². The zero-order chi connectivity index (χ0) is 24.0. The number of esters is 1. The zero-order valence-electron chi connectivity index (χ0n) is 19.0. The van der Waals surface area contributed by atoms with Crippen molar-refractivity contribution in [2.75, 3.05) is 25.3 Å². The minimum Gasteiger partial charge on any atom is -0.497 e. The molecule has 1 amide bonds. The van der Waals surface area contributed by atoms with Crippen molar-refractivity contribution in [1.82, 2.24) is 14.8 Å². The third-order valence-corrected chi connectivity index (χ3v) is 6.94. The molecule has 0 atom stereocenters. The van der Waals surface area contributed by atoms with Crippen LogP contribution in [0.3, 0.4) is 0 Å². The smallest absolute Gasteiger partial charge is 0.341 e. The van der Waals surface area contributed by atoms with Crippen molar-refractivity contribution in [3.05, 3.63) is 52.9 Å². The average Bonchev–Trinajstić information content (AvgIpc) is 3.37. The number of nitrogens with zero attached hydrogens (tertiary/aromatic N) is 3. The first-order valence-electron chi connectivity index (χ1n) is 10.2. The van der Waals surface area contributed by atoms with E-state index in [-0.39, 0.29) is 11.7 Å². The fourth-order valence-corrected chi connectivity index (χ4v) is 5.24. The summed E-state index contributed by atoms with van der Waals surface area (Å²) in [5.41, 5.74) is 2.20. The zero-order valence-corrected chi connectivity index (χ0v) is 20.6. The second-order valence-corrected chi connectivity index (χ2v) is 9.12. The van der Waals surface area contributed by atoms with E-state index in [0.717, 1.165) is 21.8 Å². The van der Waals surface area contributed by atoms with Gasteiger partial charge in [0.05, 0.1) is 25.5 Å². The Morgan fingerprint density at radius 2 is 1.97 bits per heavy atom. The van der Waals surface area contributed by atoms with Gasteiger partial charge in [-0.15, -0.1) is 28.1 Å². The topological polar surface area (TPSA) is 95.3 Å². The number of thiophene rings is 1. The Hall–Kier alpha value is -3.11. The van der Waals surface area contributed by atoms with E-state index in [1.807, 2.05) is 42.7 Å². The van der Waals surface area contributed by atoms with E-state index in [4.69, 9.17) is 9.47 Å². The van der Waals surface area contributed by atoms with Gasteiger partial charge in [-0.25, -0.2) is 4.79 Å². The van der Waals surface area contributed by atoms with Crippen LogP contribution in [0.2, 0.25) is 0 Å². The normalized spacial score (nSPS) is 10.7. The highest BCUT2D eigenvalue weighted by atomic mass is 32.2. The fraction of sp³-hybridized carbons (Fsp3) is 0.304. The van der Waals surface area contributed by atoms with Crippen molar-refractivity contribution in [2.24, 2.45) is 0 Å². The van der Waals surface area contributed by atoms with Crippen LogP contribution in [-0.2, 0) is 22.5 Å². The van der Waals surface area contributed by atoms with Crippen LogP contribution in [0, 0.1) is 6.92 Å². The monoisotopic (exact) mass is 486 g/mol. The Balaban J connectivity index is 1.76. The van der Waals surface area contributed by atoms with Crippen LogP contribution in [0.25, 0.3) is 11.4 Å². The average molecular weight is 487 g/mol. The van der Waals surface area contributed by atoms with E-state index in [1.165, 1.54) is 30.2 Å². The molecule has 1 N–H and O–H groups in total. The Morgan fingerprint density at radius 1 is 1.24 bits per heavy atom. The number of benzene rings is 1. The highest BCUT2D eigenvalue weighted by Crippen LogP contribution is 2.34. The lowest BCUT2D eigenvalue weighted by Gasteiger charge is -2.09. The van der Waals surface area contributed by atoms with Gasteiger partial charge in [-0.3, -0.25) is 9.36 Å². The molecule has 0 saturated heterocycles. The summed E-state index contributed by atoms with van der Waals surface area (Å²) in [5, 5.41) is 12.5. The van der Waals surface area contributed by atoms with E-state index in [1.54, 1.807) is 13.2 Å². The van der Waals surface area contributed by atoms with Crippen LogP contribution in [0.5, 0.6) is 5.75 Å². The predicted molar refractivity (Wildman–Crippen MR) is 131 cm³/mol.